The number of nitrogen functional groups attached to an aromatic ring is 1. The highest BCUT2D eigenvalue weighted by atomic mass is 79.9. The number of anilines is 1. The molecule has 2 rings (SSSR count). The zero-order valence-electron chi connectivity index (χ0n) is 10.5. The number of pyridine rings is 1. The van der Waals surface area contributed by atoms with Crippen molar-refractivity contribution in [3.8, 4) is 5.75 Å². The maximum Gasteiger partial charge on any atom is 0.142 e. The van der Waals surface area contributed by atoms with Crippen molar-refractivity contribution in [3.05, 3.63) is 52.3 Å². The molecule has 3 N–H and O–H groups in total. The van der Waals surface area contributed by atoms with Gasteiger partial charge in [0.25, 0.3) is 0 Å². The summed E-state index contributed by atoms with van der Waals surface area (Å²) in [6.45, 7) is 0. The zero-order valence-corrected chi connectivity index (χ0v) is 12.1. The summed E-state index contributed by atoms with van der Waals surface area (Å²) in [4.78, 5) is 4.24. The van der Waals surface area contributed by atoms with Crippen LogP contribution >= 0.6 is 15.9 Å². The number of aliphatic hydroxyl groups is 1. The zero-order chi connectivity index (χ0) is 13.8. The molecule has 0 aliphatic heterocycles. The first-order valence-electron chi connectivity index (χ1n) is 5.82. The number of hydrogen-bond acceptors (Lipinski definition) is 4. The lowest BCUT2D eigenvalue weighted by atomic mass is 10.0. The van der Waals surface area contributed by atoms with E-state index in [0.717, 1.165) is 10.2 Å². The van der Waals surface area contributed by atoms with E-state index in [4.69, 9.17) is 10.5 Å². The standard InChI is InChI=1S/C14H15BrN2O2/c1-19-13-4-2-3-11(14(13)16)12(18)7-10-6-5-9(15)8-17-10/h2-6,8,12,18H,7,16H2,1H3. The summed E-state index contributed by atoms with van der Waals surface area (Å²) < 4.78 is 6.05. The van der Waals surface area contributed by atoms with Crippen LogP contribution < -0.4 is 10.5 Å². The predicted octanol–water partition coefficient (Wildman–Crippen LogP) is 2.71. The fourth-order valence-electron chi connectivity index (χ4n) is 1.86. The molecule has 0 aliphatic carbocycles. The normalized spacial score (nSPS) is 12.2. The number of ether oxygens (including phenoxy) is 1. The summed E-state index contributed by atoms with van der Waals surface area (Å²) >= 11 is 3.33. The lowest BCUT2D eigenvalue weighted by Crippen LogP contribution is -2.07. The predicted molar refractivity (Wildman–Crippen MR) is 78.0 cm³/mol. The number of hydrogen-bond donors (Lipinski definition) is 2. The summed E-state index contributed by atoms with van der Waals surface area (Å²) in [5.41, 5.74) is 7.89. The van der Waals surface area contributed by atoms with Gasteiger partial charge in [-0.1, -0.05) is 12.1 Å². The van der Waals surface area contributed by atoms with Crippen molar-refractivity contribution in [2.75, 3.05) is 12.8 Å². The SMILES string of the molecule is COc1cccc(C(O)Cc2ccc(Br)cn2)c1N. The molecule has 1 heterocycles. The minimum absolute atomic E-state index is 0.407. The highest BCUT2D eigenvalue weighted by Crippen LogP contribution is 2.30. The van der Waals surface area contributed by atoms with E-state index in [-0.39, 0.29) is 0 Å². The first kappa shape index (κ1) is 13.8. The molecule has 1 unspecified atom stereocenters. The number of aromatic nitrogens is 1. The van der Waals surface area contributed by atoms with Gasteiger partial charge in [-0.15, -0.1) is 0 Å². The molecule has 1 atom stereocenters. The number of benzene rings is 1. The molecule has 0 radical (unpaired) electrons. The van der Waals surface area contributed by atoms with E-state index >= 15 is 0 Å². The number of para-hydroxylation sites is 1. The van der Waals surface area contributed by atoms with Crippen LogP contribution in [0.15, 0.2) is 41.0 Å². The molecule has 100 valence electrons. The average molecular weight is 323 g/mol. The second-order valence-electron chi connectivity index (χ2n) is 4.15. The van der Waals surface area contributed by atoms with E-state index in [1.807, 2.05) is 18.2 Å². The fourth-order valence-corrected chi connectivity index (χ4v) is 2.10. The molecule has 0 amide bonds. The Morgan fingerprint density at radius 1 is 1.37 bits per heavy atom. The molecule has 0 saturated carbocycles. The molecular formula is C14H15BrN2O2. The van der Waals surface area contributed by atoms with Crippen LogP contribution in [0.1, 0.15) is 17.4 Å². The van der Waals surface area contributed by atoms with Crippen LogP contribution in [0.4, 0.5) is 5.69 Å². The van der Waals surface area contributed by atoms with Crippen molar-refractivity contribution in [2.24, 2.45) is 0 Å². The second-order valence-corrected chi connectivity index (χ2v) is 5.07. The van der Waals surface area contributed by atoms with E-state index in [1.54, 1.807) is 25.4 Å². The Labute approximate surface area is 120 Å². The number of aliphatic hydroxyl groups excluding tert-OH is 1. The molecule has 19 heavy (non-hydrogen) atoms. The Balaban J connectivity index is 2.20. The number of nitrogens with zero attached hydrogens (tertiary/aromatic N) is 1. The first-order chi connectivity index (χ1) is 9.11. The van der Waals surface area contributed by atoms with Gasteiger partial charge in [-0.3, -0.25) is 4.98 Å². The van der Waals surface area contributed by atoms with Crippen LogP contribution in [0.2, 0.25) is 0 Å². The van der Waals surface area contributed by atoms with E-state index < -0.39 is 6.10 Å². The third-order valence-corrected chi connectivity index (χ3v) is 3.34. The van der Waals surface area contributed by atoms with Gasteiger partial charge in [0.05, 0.1) is 18.9 Å². The summed E-state index contributed by atoms with van der Waals surface area (Å²) in [5.74, 6) is 0.570. The minimum Gasteiger partial charge on any atom is -0.495 e. The molecular weight excluding hydrogens is 308 g/mol. The van der Waals surface area contributed by atoms with Gasteiger partial charge >= 0.3 is 0 Å². The van der Waals surface area contributed by atoms with Crippen LogP contribution in [-0.2, 0) is 6.42 Å². The van der Waals surface area contributed by atoms with Gasteiger partial charge in [-0.2, -0.15) is 0 Å². The average Bonchev–Trinajstić information content (AvgIpc) is 2.41. The molecule has 4 nitrogen and oxygen atoms in total. The maximum atomic E-state index is 10.3. The molecule has 5 heteroatoms. The van der Waals surface area contributed by atoms with Crippen molar-refractivity contribution in [1.82, 2.24) is 4.98 Å². The summed E-state index contributed by atoms with van der Waals surface area (Å²) in [7, 11) is 1.55. The lowest BCUT2D eigenvalue weighted by Gasteiger charge is -2.15. The quantitative estimate of drug-likeness (QED) is 0.849. The van der Waals surface area contributed by atoms with Crippen molar-refractivity contribution >= 4 is 21.6 Å². The van der Waals surface area contributed by atoms with Gasteiger partial charge in [-0.05, 0) is 34.1 Å². The highest BCUT2D eigenvalue weighted by molar-refractivity contribution is 9.10. The number of nitrogens with two attached hydrogens (primary N) is 1. The molecule has 0 spiro atoms. The first-order valence-corrected chi connectivity index (χ1v) is 6.62. The molecule has 0 aliphatic rings. The Bertz CT molecular complexity index is 558. The highest BCUT2D eigenvalue weighted by Gasteiger charge is 2.15. The van der Waals surface area contributed by atoms with Gasteiger partial charge in [0.15, 0.2) is 0 Å². The molecule has 0 fully saturated rings. The van der Waals surface area contributed by atoms with Crippen LogP contribution in [0.25, 0.3) is 0 Å². The minimum atomic E-state index is -0.705. The van der Waals surface area contributed by atoms with Gasteiger partial charge in [0.2, 0.25) is 0 Å². The molecule has 0 bridgehead atoms. The van der Waals surface area contributed by atoms with Crippen molar-refractivity contribution in [2.45, 2.75) is 12.5 Å². The third-order valence-electron chi connectivity index (χ3n) is 2.87. The monoisotopic (exact) mass is 322 g/mol. The number of rotatable bonds is 4. The summed E-state index contributed by atoms with van der Waals surface area (Å²) in [5, 5.41) is 10.3. The Morgan fingerprint density at radius 2 is 2.16 bits per heavy atom. The van der Waals surface area contributed by atoms with E-state index in [9.17, 15) is 5.11 Å². The number of methoxy groups -OCH3 is 1. The number of halogens is 1. The largest absolute Gasteiger partial charge is 0.495 e. The van der Waals surface area contributed by atoms with Gasteiger partial charge in [-0.25, -0.2) is 0 Å². The van der Waals surface area contributed by atoms with Crippen molar-refractivity contribution in [3.63, 3.8) is 0 Å². The molecule has 1 aromatic heterocycles. The van der Waals surface area contributed by atoms with Crippen LogP contribution in [0, 0.1) is 0 Å². The molecule has 0 saturated heterocycles. The van der Waals surface area contributed by atoms with E-state index in [1.165, 1.54) is 0 Å². The van der Waals surface area contributed by atoms with Gasteiger partial charge in [0, 0.05) is 28.3 Å². The second kappa shape index (κ2) is 6.04. The van der Waals surface area contributed by atoms with Crippen LogP contribution in [0.3, 0.4) is 0 Å². The molecule has 2 aromatic rings. The Morgan fingerprint density at radius 3 is 2.79 bits per heavy atom. The van der Waals surface area contributed by atoms with Crippen LogP contribution in [-0.4, -0.2) is 17.2 Å². The summed E-state index contributed by atoms with van der Waals surface area (Å²) in [6.07, 6.45) is 1.41. The molecule has 1 aromatic carbocycles. The third kappa shape index (κ3) is 3.24. The van der Waals surface area contributed by atoms with E-state index in [2.05, 4.69) is 20.9 Å². The van der Waals surface area contributed by atoms with Crippen LogP contribution in [0.5, 0.6) is 5.75 Å². The topological polar surface area (TPSA) is 68.4 Å². The Hall–Kier alpha value is -1.59. The smallest absolute Gasteiger partial charge is 0.142 e. The summed E-state index contributed by atoms with van der Waals surface area (Å²) in [6, 6.07) is 9.13. The fraction of sp³-hybridized carbons (Fsp3) is 0.214. The maximum absolute atomic E-state index is 10.3. The lowest BCUT2D eigenvalue weighted by molar-refractivity contribution is 0.177. The van der Waals surface area contributed by atoms with E-state index in [0.29, 0.717) is 23.4 Å². The van der Waals surface area contributed by atoms with Crippen molar-refractivity contribution < 1.29 is 9.84 Å². The van der Waals surface area contributed by atoms with Crippen molar-refractivity contribution in [1.29, 1.82) is 0 Å². The Kier molecular flexibility index (Phi) is 4.39. The van der Waals surface area contributed by atoms with Gasteiger partial charge < -0.3 is 15.6 Å². The van der Waals surface area contributed by atoms with Gasteiger partial charge in [0.1, 0.15) is 5.75 Å².